The van der Waals surface area contributed by atoms with E-state index in [2.05, 4.69) is 10.3 Å². The van der Waals surface area contributed by atoms with E-state index in [1.54, 1.807) is 12.1 Å². The number of nitrogens with zero attached hydrogens (tertiary/aromatic N) is 2. The van der Waals surface area contributed by atoms with Crippen molar-refractivity contribution in [2.45, 2.75) is 33.7 Å². The number of carbonyl (C=O) groups is 1. The van der Waals surface area contributed by atoms with E-state index in [1.807, 2.05) is 39.0 Å². The minimum atomic E-state index is -0.345. The van der Waals surface area contributed by atoms with Crippen molar-refractivity contribution >= 4 is 27.5 Å². The maximum absolute atomic E-state index is 13.4. The Morgan fingerprint density at radius 2 is 1.81 bits per heavy atom. The number of aryl methyl sites for hydroxylation is 1. The maximum Gasteiger partial charge on any atom is 0.263 e. The van der Waals surface area contributed by atoms with Gasteiger partial charge in [0.2, 0.25) is 5.91 Å². The molecule has 0 aliphatic rings. The fourth-order valence-corrected chi connectivity index (χ4v) is 5.03. The summed E-state index contributed by atoms with van der Waals surface area (Å²) in [6.07, 6.45) is 2.00. The topological polar surface area (TPSA) is 82.5 Å². The Bertz CT molecular complexity index is 1430. The third-order valence-electron chi connectivity index (χ3n) is 5.65. The predicted molar refractivity (Wildman–Crippen MR) is 140 cm³/mol. The summed E-state index contributed by atoms with van der Waals surface area (Å²) in [7, 11) is 0. The van der Waals surface area contributed by atoms with Gasteiger partial charge in [-0.2, -0.15) is 0 Å². The van der Waals surface area contributed by atoms with Gasteiger partial charge in [-0.1, -0.05) is 18.2 Å². The minimum Gasteiger partial charge on any atom is -0.490 e. The molecule has 1 N–H and O–H groups in total. The van der Waals surface area contributed by atoms with Crippen molar-refractivity contribution in [1.82, 2.24) is 14.9 Å². The molecular weight excluding hydrogens is 481 g/mol. The van der Waals surface area contributed by atoms with Crippen LogP contribution >= 0.6 is 11.3 Å². The van der Waals surface area contributed by atoms with E-state index in [-0.39, 0.29) is 23.8 Å². The Hall–Kier alpha value is -3.72. The molecular formula is C27H28FN3O4S. The first-order valence-electron chi connectivity index (χ1n) is 11.8. The molecule has 0 radical (unpaired) electrons. The second-order valence-electron chi connectivity index (χ2n) is 8.14. The largest absolute Gasteiger partial charge is 0.490 e. The number of fused-ring (bicyclic) bond motifs is 1. The van der Waals surface area contributed by atoms with E-state index in [9.17, 15) is 14.0 Å². The van der Waals surface area contributed by atoms with Crippen molar-refractivity contribution in [2.75, 3.05) is 19.8 Å². The number of amides is 1. The summed E-state index contributed by atoms with van der Waals surface area (Å²) in [6, 6.07) is 11.7. The number of thiophene rings is 1. The smallest absolute Gasteiger partial charge is 0.263 e. The molecule has 7 nitrogen and oxygen atoms in total. The number of rotatable bonds is 10. The van der Waals surface area contributed by atoms with Gasteiger partial charge in [-0.3, -0.25) is 14.2 Å². The van der Waals surface area contributed by atoms with E-state index < -0.39 is 0 Å². The van der Waals surface area contributed by atoms with Gasteiger partial charge in [0.25, 0.3) is 5.56 Å². The van der Waals surface area contributed by atoms with Crippen LogP contribution in [0.3, 0.4) is 0 Å². The first kappa shape index (κ1) is 25.4. The average molecular weight is 510 g/mol. The van der Waals surface area contributed by atoms with Gasteiger partial charge in [0.1, 0.15) is 17.2 Å². The molecule has 0 aliphatic carbocycles. The summed E-state index contributed by atoms with van der Waals surface area (Å²) in [6.45, 7) is 7.07. The number of ether oxygens (including phenoxy) is 2. The highest BCUT2D eigenvalue weighted by Crippen LogP contribution is 2.35. The van der Waals surface area contributed by atoms with Gasteiger partial charge in [-0.05, 0) is 62.6 Å². The molecule has 188 valence electrons. The monoisotopic (exact) mass is 509 g/mol. The van der Waals surface area contributed by atoms with E-state index in [0.29, 0.717) is 47.9 Å². The second kappa shape index (κ2) is 11.3. The van der Waals surface area contributed by atoms with Crippen LogP contribution < -0.4 is 20.3 Å². The van der Waals surface area contributed by atoms with E-state index in [0.717, 1.165) is 21.6 Å². The fourth-order valence-electron chi connectivity index (χ4n) is 4.02. The van der Waals surface area contributed by atoms with Crippen LogP contribution in [0.25, 0.3) is 21.3 Å². The minimum absolute atomic E-state index is 0.146. The second-order valence-corrected chi connectivity index (χ2v) is 9.35. The summed E-state index contributed by atoms with van der Waals surface area (Å²) in [5, 5.41) is 3.31. The summed E-state index contributed by atoms with van der Waals surface area (Å²) in [4.78, 5) is 31.8. The van der Waals surface area contributed by atoms with Crippen molar-refractivity contribution in [2.24, 2.45) is 0 Å². The number of carbonyl (C=O) groups excluding carboxylic acids is 1. The lowest BCUT2D eigenvalue weighted by atomic mass is 10.0. The summed E-state index contributed by atoms with van der Waals surface area (Å²) < 4.78 is 26.0. The van der Waals surface area contributed by atoms with Gasteiger partial charge in [0.15, 0.2) is 11.5 Å². The molecule has 9 heteroatoms. The van der Waals surface area contributed by atoms with Gasteiger partial charge in [-0.25, -0.2) is 9.37 Å². The van der Waals surface area contributed by atoms with Crippen LogP contribution in [0, 0.1) is 12.7 Å². The molecule has 0 bridgehead atoms. The number of aromatic nitrogens is 2. The van der Waals surface area contributed by atoms with E-state index in [1.165, 1.54) is 34.4 Å². The molecule has 2 aromatic heterocycles. The molecule has 0 saturated heterocycles. The zero-order valence-electron chi connectivity index (χ0n) is 20.5. The zero-order valence-corrected chi connectivity index (χ0v) is 21.3. The highest BCUT2D eigenvalue weighted by Gasteiger charge is 2.18. The van der Waals surface area contributed by atoms with Crippen molar-refractivity contribution in [1.29, 1.82) is 0 Å². The summed E-state index contributed by atoms with van der Waals surface area (Å²) >= 11 is 1.40. The Morgan fingerprint density at radius 3 is 2.53 bits per heavy atom. The molecule has 1 amide bonds. The van der Waals surface area contributed by atoms with Crippen LogP contribution in [-0.2, 0) is 17.8 Å². The third kappa shape index (κ3) is 5.57. The van der Waals surface area contributed by atoms with Crippen LogP contribution in [0.4, 0.5) is 4.39 Å². The summed E-state index contributed by atoms with van der Waals surface area (Å²) in [5.41, 5.74) is 2.16. The SMILES string of the molecule is CCOc1ccc(CCNC(=O)Cn2cnc3sc(C)c(-c4ccc(F)cc4)c3c2=O)cc1OCC. The van der Waals surface area contributed by atoms with Crippen LogP contribution in [0.15, 0.2) is 53.6 Å². The van der Waals surface area contributed by atoms with Crippen molar-refractivity contribution in [3.63, 3.8) is 0 Å². The normalized spacial score (nSPS) is 11.0. The number of benzene rings is 2. The van der Waals surface area contributed by atoms with Gasteiger partial charge < -0.3 is 14.8 Å². The average Bonchev–Trinajstić information content (AvgIpc) is 3.20. The third-order valence-corrected chi connectivity index (χ3v) is 6.66. The molecule has 0 saturated carbocycles. The molecule has 2 aromatic carbocycles. The number of halogens is 1. The highest BCUT2D eigenvalue weighted by molar-refractivity contribution is 7.19. The molecule has 0 unspecified atom stereocenters. The lowest BCUT2D eigenvalue weighted by Gasteiger charge is -2.13. The number of nitrogens with one attached hydrogen (secondary N) is 1. The van der Waals surface area contributed by atoms with Crippen molar-refractivity contribution in [3.8, 4) is 22.6 Å². The zero-order chi connectivity index (χ0) is 25.7. The van der Waals surface area contributed by atoms with E-state index >= 15 is 0 Å². The standard InChI is InChI=1S/C27H28FN3O4S/c1-4-34-21-11-6-18(14-22(21)35-5-2)12-13-29-23(32)15-31-16-30-26-25(27(31)33)24(17(3)36-26)19-7-9-20(28)10-8-19/h6-11,14,16H,4-5,12-13,15H2,1-3H3,(H,29,32). The molecule has 0 fully saturated rings. The molecule has 4 aromatic rings. The lowest BCUT2D eigenvalue weighted by molar-refractivity contribution is -0.121. The fraction of sp³-hybridized carbons (Fsp3) is 0.296. The molecule has 2 heterocycles. The van der Waals surface area contributed by atoms with Gasteiger partial charge >= 0.3 is 0 Å². The number of hydrogen-bond acceptors (Lipinski definition) is 6. The van der Waals surface area contributed by atoms with Crippen molar-refractivity contribution in [3.05, 3.63) is 75.4 Å². The quantitative estimate of drug-likeness (QED) is 0.334. The van der Waals surface area contributed by atoms with Gasteiger partial charge in [0, 0.05) is 17.0 Å². The van der Waals surface area contributed by atoms with Crippen molar-refractivity contribution < 1.29 is 18.7 Å². The Kier molecular flexibility index (Phi) is 8.00. The molecule has 0 spiro atoms. The molecule has 0 atom stereocenters. The van der Waals surface area contributed by atoms with Gasteiger partial charge in [-0.15, -0.1) is 11.3 Å². The lowest BCUT2D eigenvalue weighted by Crippen LogP contribution is -2.33. The predicted octanol–water partition coefficient (Wildman–Crippen LogP) is 4.73. The maximum atomic E-state index is 13.4. The number of hydrogen-bond donors (Lipinski definition) is 1. The van der Waals surface area contributed by atoms with Crippen LogP contribution in [0.2, 0.25) is 0 Å². The van der Waals surface area contributed by atoms with Gasteiger partial charge in [0.05, 0.1) is 24.9 Å². The summed E-state index contributed by atoms with van der Waals surface area (Å²) in [5.74, 6) is 0.738. The highest BCUT2D eigenvalue weighted by atomic mass is 32.1. The molecule has 4 rings (SSSR count). The van der Waals surface area contributed by atoms with Crippen LogP contribution in [0.5, 0.6) is 11.5 Å². The van der Waals surface area contributed by atoms with Crippen LogP contribution in [-0.4, -0.2) is 35.2 Å². The van der Waals surface area contributed by atoms with Crippen LogP contribution in [0.1, 0.15) is 24.3 Å². The Labute approximate surface area is 212 Å². The Morgan fingerprint density at radius 1 is 1.08 bits per heavy atom. The molecule has 0 aliphatic heterocycles. The van der Waals surface area contributed by atoms with E-state index in [4.69, 9.17) is 9.47 Å². The first-order chi connectivity index (χ1) is 17.4. The first-order valence-corrected chi connectivity index (χ1v) is 12.6. The molecule has 36 heavy (non-hydrogen) atoms. The Balaban J connectivity index is 1.46.